The number of nitrogens with one attached hydrogen (secondary N) is 2. The number of anilines is 1. The standard InChI is InChI=1S/C12H15FN2O4/c1-19-7-6-10(11(16)17)15-12(18)14-9-4-2-8(13)3-5-9/h2-5,10H,6-7H2,1H3,(H,16,17)(H2,14,15,18). The van der Waals surface area contributed by atoms with Crippen molar-refractivity contribution in [3.05, 3.63) is 30.1 Å². The van der Waals surface area contributed by atoms with Crippen molar-refractivity contribution >= 4 is 17.7 Å². The van der Waals surface area contributed by atoms with Crippen molar-refractivity contribution in [1.29, 1.82) is 0 Å². The Morgan fingerprint density at radius 1 is 1.37 bits per heavy atom. The minimum atomic E-state index is -1.15. The SMILES string of the molecule is COCCC(NC(=O)Nc1ccc(F)cc1)C(=O)O. The molecule has 0 heterocycles. The molecule has 1 unspecified atom stereocenters. The quantitative estimate of drug-likeness (QED) is 0.729. The average molecular weight is 270 g/mol. The molecule has 0 aromatic heterocycles. The summed E-state index contributed by atoms with van der Waals surface area (Å²) in [6.07, 6.45) is 0.155. The molecule has 7 heteroatoms. The maximum Gasteiger partial charge on any atom is 0.326 e. The molecule has 0 saturated carbocycles. The van der Waals surface area contributed by atoms with Gasteiger partial charge in [0.25, 0.3) is 0 Å². The maximum atomic E-state index is 12.7. The van der Waals surface area contributed by atoms with E-state index >= 15 is 0 Å². The third-order valence-corrected chi connectivity index (χ3v) is 2.32. The van der Waals surface area contributed by atoms with Crippen molar-refractivity contribution in [3.8, 4) is 0 Å². The summed E-state index contributed by atoms with van der Waals surface area (Å²) in [7, 11) is 1.44. The Hall–Kier alpha value is -2.15. The molecule has 1 aromatic carbocycles. The predicted molar refractivity (Wildman–Crippen MR) is 66.5 cm³/mol. The first kappa shape index (κ1) is 14.9. The molecule has 104 valence electrons. The molecule has 0 bridgehead atoms. The Kier molecular flexibility index (Phi) is 5.74. The third-order valence-electron chi connectivity index (χ3n) is 2.32. The van der Waals surface area contributed by atoms with Crippen molar-refractivity contribution < 1.29 is 23.8 Å². The molecule has 0 radical (unpaired) electrons. The number of carbonyl (C=O) groups excluding carboxylic acids is 1. The van der Waals surface area contributed by atoms with Gasteiger partial charge in [0.15, 0.2) is 0 Å². The van der Waals surface area contributed by atoms with E-state index in [0.29, 0.717) is 5.69 Å². The number of aliphatic carboxylic acids is 1. The van der Waals surface area contributed by atoms with Gasteiger partial charge in [0.1, 0.15) is 11.9 Å². The summed E-state index contributed by atoms with van der Waals surface area (Å²) in [4.78, 5) is 22.4. The zero-order chi connectivity index (χ0) is 14.3. The van der Waals surface area contributed by atoms with Gasteiger partial charge < -0.3 is 20.5 Å². The lowest BCUT2D eigenvalue weighted by Crippen LogP contribution is -2.43. The smallest absolute Gasteiger partial charge is 0.326 e. The third kappa shape index (κ3) is 5.35. The van der Waals surface area contributed by atoms with Gasteiger partial charge >= 0.3 is 12.0 Å². The number of hydrogen-bond donors (Lipinski definition) is 3. The van der Waals surface area contributed by atoms with Gasteiger partial charge in [-0.1, -0.05) is 0 Å². The number of hydrogen-bond acceptors (Lipinski definition) is 3. The highest BCUT2D eigenvalue weighted by molar-refractivity contribution is 5.92. The summed E-state index contributed by atoms with van der Waals surface area (Å²) >= 11 is 0. The largest absolute Gasteiger partial charge is 0.480 e. The Morgan fingerprint density at radius 2 is 2.00 bits per heavy atom. The molecular formula is C12H15FN2O4. The molecule has 1 atom stereocenters. The summed E-state index contributed by atoms with van der Waals surface area (Å²) in [5.74, 6) is -1.57. The second kappa shape index (κ2) is 7.32. The van der Waals surface area contributed by atoms with Crippen molar-refractivity contribution in [2.45, 2.75) is 12.5 Å². The molecule has 1 rings (SSSR count). The van der Waals surface area contributed by atoms with Crippen molar-refractivity contribution in [1.82, 2.24) is 5.32 Å². The second-order valence-corrected chi connectivity index (χ2v) is 3.78. The first-order valence-corrected chi connectivity index (χ1v) is 5.57. The molecule has 0 spiro atoms. The van der Waals surface area contributed by atoms with Crippen LogP contribution < -0.4 is 10.6 Å². The first-order valence-electron chi connectivity index (χ1n) is 5.57. The molecule has 3 N–H and O–H groups in total. The summed E-state index contributed by atoms with van der Waals surface area (Å²) in [6, 6.07) is 3.42. The maximum absolute atomic E-state index is 12.7. The fraction of sp³-hybridized carbons (Fsp3) is 0.333. The molecule has 1 aromatic rings. The van der Waals surface area contributed by atoms with E-state index in [9.17, 15) is 14.0 Å². The van der Waals surface area contributed by atoms with E-state index in [1.807, 2.05) is 0 Å². The Bertz CT molecular complexity index is 436. The monoisotopic (exact) mass is 270 g/mol. The van der Waals surface area contributed by atoms with E-state index in [2.05, 4.69) is 10.6 Å². The number of carbonyl (C=O) groups is 2. The van der Waals surface area contributed by atoms with Crippen LogP contribution >= 0.6 is 0 Å². The van der Waals surface area contributed by atoms with Crippen LogP contribution in [-0.4, -0.2) is 36.9 Å². The van der Waals surface area contributed by atoms with E-state index in [1.165, 1.54) is 31.4 Å². The minimum absolute atomic E-state index is 0.155. The Labute approximate surface area is 109 Å². The second-order valence-electron chi connectivity index (χ2n) is 3.78. The number of halogens is 1. The summed E-state index contributed by atoms with van der Waals surface area (Å²) in [5.41, 5.74) is 0.370. The van der Waals surface area contributed by atoms with Gasteiger partial charge in [-0.05, 0) is 24.3 Å². The van der Waals surface area contributed by atoms with Crippen LogP contribution in [0.25, 0.3) is 0 Å². The van der Waals surface area contributed by atoms with E-state index in [-0.39, 0.29) is 13.0 Å². The molecule has 0 aliphatic heterocycles. The number of benzene rings is 1. The van der Waals surface area contributed by atoms with Gasteiger partial charge in [0.05, 0.1) is 0 Å². The Balaban J connectivity index is 2.52. The van der Waals surface area contributed by atoms with Gasteiger partial charge in [-0.3, -0.25) is 0 Å². The minimum Gasteiger partial charge on any atom is -0.480 e. The number of ether oxygens (including phenoxy) is 1. The van der Waals surface area contributed by atoms with Crippen LogP contribution in [0.1, 0.15) is 6.42 Å². The highest BCUT2D eigenvalue weighted by Gasteiger charge is 2.19. The van der Waals surface area contributed by atoms with Gasteiger partial charge in [-0.25, -0.2) is 14.0 Å². The van der Waals surface area contributed by atoms with Crippen LogP contribution in [0.2, 0.25) is 0 Å². The van der Waals surface area contributed by atoms with Gasteiger partial charge in [0.2, 0.25) is 0 Å². The Morgan fingerprint density at radius 3 is 2.53 bits per heavy atom. The molecule has 0 aliphatic carbocycles. The number of amides is 2. The highest BCUT2D eigenvalue weighted by atomic mass is 19.1. The number of methoxy groups -OCH3 is 1. The molecule has 6 nitrogen and oxygen atoms in total. The van der Waals surface area contributed by atoms with Gasteiger partial charge in [0, 0.05) is 25.8 Å². The normalized spacial score (nSPS) is 11.7. The lowest BCUT2D eigenvalue weighted by atomic mass is 10.2. The van der Waals surface area contributed by atoms with E-state index in [0.717, 1.165) is 0 Å². The first-order chi connectivity index (χ1) is 9.02. The number of carboxylic acid groups (broad SMARTS) is 1. The van der Waals surface area contributed by atoms with Crippen molar-refractivity contribution in [3.63, 3.8) is 0 Å². The van der Waals surface area contributed by atoms with Gasteiger partial charge in [-0.15, -0.1) is 0 Å². The lowest BCUT2D eigenvalue weighted by molar-refractivity contribution is -0.139. The van der Waals surface area contributed by atoms with Gasteiger partial charge in [-0.2, -0.15) is 0 Å². The van der Waals surface area contributed by atoms with E-state index in [4.69, 9.17) is 9.84 Å². The lowest BCUT2D eigenvalue weighted by Gasteiger charge is -2.14. The average Bonchev–Trinajstić information content (AvgIpc) is 2.37. The van der Waals surface area contributed by atoms with Crippen LogP contribution in [-0.2, 0) is 9.53 Å². The van der Waals surface area contributed by atoms with Crippen LogP contribution in [0.3, 0.4) is 0 Å². The van der Waals surface area contributed by atoms with Crippen LogP contribution in [0, 0.1) is 5.82 Å². The van der Waals surface area contributed by atoms with Crippen LogP contribution in [0.15, 0.2) is 24.3 Å². The zero-order valence-electron chi connectivity index (χ0n) is 10.4. The summed E-state index contributed by atoms with van der Waals surface area (Å²) in [6.45, 7) is 0.216. The van der Waals surface area contributed by atoms with Crippen LogP contribution in [0.4, 0.5) is 14.9 Å². The molecule has 0 saturated heterocycles. The van der Waals surface area contributed by atoms with Crippen LogP contribution in [0.5, 0.6) is 0 Å². The predicted octanol–water partition coefficient (Wildman–Crippen LogP) is 1.44. The zero-order valence-corrected chi connectivity index (χ0v) is 10.4. The van der Waals surface area contributed by atoms with E-state index in [1.54, 1.807) is 0 Å². The number of carboxylic acids is 1. The highest BCUT2D eigenvalue weighted by Crippen LogP contribution is 2.08. The fourth-order valence-corrected chi connectivity index (χ4v) is 1.35. The number of urea groups is 1. The molecule has 0 aliphatic rings. The summed E-state index contributed by atoms with van der Waals surface area (Å²) in [5, 5.41) is 13.6. The molecule has 19 heavy (non-hydrogen) atoms. The molecule has 0 fully saturated rings. The van der Waals surface area contributed by atoms with Crippen molar-refractivity contribution in [2.24, 2.45) is 0 Å². The molecular weight excluding hydrogens is 255 g/mol. The number of rotatable bonds is 6. The van der Waals surface area contributed by atoms with Crippen molar-refractivity contribution in [2.75, 3.05) is 19.0 Å². The fourth-order valence-electron chi connectivity index (χ4n) is 1.35. The topological polar surface area (TPSA) is 87.7 Å². The van der Waals surface area contributed by atoms with E-state index < -0.39 is 23.9 Å². The molecule has 2 amide bonds. The summed E-state index contributed by atoms with van der Waals surface area (Å²) < 4.78 is 17.4.